The van der Waals surface area contributed by atoms with Crippen LogP contribution in [0.1, 0.15) is 49.4 Å². The Morgan fingerprint density at radius 2 is 1.56 bits per heavy atom. The second kappa shape index (κ2) is 11.5. The van der Waals surface area contributed by atoms with E-state index in [4.69, 9.17) is 0 Å². The quantitative estimate of drug-likeness (QED) is 0.554. The van der Waals surface area contributed by atoms with E-state index in [9.17, 15) is 18.0 Å². The first-order chi connectivity index (χ1) is 15.8. The fourth-order valence-electron chi connectivity index (χ4n) is 3.77. The zero-order chi connectivity index (χ0) is 25.6. The summed E-state index contributed by atoms with van der Waals surface area (Å²) in [5, 5.41) is 2.89. The predicted molar refractivity (Wildman–Crippen MR) is 137 cm³/mol. The van der Waals surface area contributed by atoms with E-state index in [-0.39, 0.29) is 25.0 Å². The van der Waals surface area contributed by atoms with E-state index < -0.39 is 22.0 Å². The van der Waals surface area contributed by atoms with Crippen molar-refractivity contribution in [2.45, 2.75) is 66.6 Å². The molecule has 2 aromatic carbocycles. The molecular weight excluding hydrogens is 450 g/mol. The van der Waals surface area contributed by atoms with Crippen LogP contribution in [0, 0.1) is 20.8 Å². The maximum atomic E-state index is 13.7. The Morgan fingerprint density at radius 1 is 0.971 bits per heavy atom. The summed E-state index contributed by atoms with van der Waals surface area (Å²) >= 11 is 0. The minimum atomic E-state index is -3.75. The third kappa shape index (κ3) is 7.32. The molecule has 0 fully saturated rings. The van der Waals surface area contributed by atoms with Gasteiger partial charge < -0.3 is 10.2 Å². The fourth-order valence-corrected chi connectivity index (χ4v) is 4.67. The third-order valence-corrected chi connectivity index (χ3v) is 6.73. The van der Waals surface area contributed by atoms with Crippen LogP contribution >= 0.6 is 0 Å². The summed E-state index contributed by atoms with van der Waals surface area (Å²) in [5.41, 5.74) is 4.06. The van der Waals surface area contributed by atoms with Gasteiger partial charge in [0.1, 0.15) is 12.6 Å². The third-order valence-electron chi connectivity index (χ3n) is 5.60. The largest absolute Gasteiger partial charge is 0.352 e. The molecule has 2 rings (SSSR count). The first-order valence-corrected chi connectivity index (χ1v) is 13.4. The highest BCUT2D eigenvalue weighted by Crippen LogP contribution is 2.25. The molecule has 0 heterocycles. The summed E-state index contributed by atoms with van der Waals surface area (Å²) in [6.45, 7) is 11.1. The standard InChI is InChI=1S/C26H37N3O4S/c1-8-23(26(31)27-18(2)3)28(16-22-13-10-19(4)11-14-22)25(30)17-29(34(7,32)33)24-15-20(5)9-12-21(24)6/h9-15,18,23H,8,16-17H2,1-7H3,(H,27,31)/t23-/m0/s1. The van der Waals surface area contributed by atoms with E-state index >= 15 is 0 Å². The fraction of sp³-hybridized carbons (Fsp3) is 0.462. The molecule has 34 heavy (non-hydrogen) atoms. The van der Waals surface area contributed by atoms with Crippen molar-refractivity contribution in [1.82, 2.24) is 10.2 Å². The van der Waals surface area contributed by atoms with Crippen LogP contribution < -0.4 is 9.62 Å². The van der Waals surface area contributed by atoms with Crippen LogP contribution in [0.15, 0.2) is 42.5 Å². The number of carbonyl (C=O) groups is 2. The second-order valence-corrected chi connectivity index (χ2v) is 11.1. The molecular formula is C26H37N3O4S. The number of anilines is 1. The van der Waals surface area contributed by atoms with Gasteiger partial charge in [-0.25, -0.2) is 8.42 Å². The van der Waals surface area contributed by atoms with Crippen LogP contribution in [0.3, 0.4) is 0 Å². The molecule has 8 heteroatoms. The van der Waals surface area contributed by atoms with Gasteiger partial charge in [0.15, 0.2) is 0 Å². The Labute approximate surface area is 204 Å². The van der Waals surface area contributed by atoms with Crippen molar-refractivity contribution in [2.75, 3.05) is 17.1 Å². The molecule has 0 bridgehead atoms. The molecule has 1 N–H and O–H groups in total. The number of hydrogen-bond donors (Lipinski definition) is 1. The molecule has 0 saturated carbocycles. The summed E-state index contributed by atoms with van der Waals surface area (Å²) in [7, 11) is -3.75. The maximum absolute atomic E-state index is 13.7. The molecule has 0 aliphatic rings. The minimum absolute atomic E-state index is 0.0830. The molecule has 0 aromatic heterocycles. The number of carbonyl (C=O) groups excluding carboxylic acids is 2. The number of amides is 2. The van der Waals surface area contributed by atoms with Crippen LogP contribution in [-0.2, 0) is 26.2 Å². The monoisotopic (exact) mass is 487 g/mol. The molecule has 2 aromatic rings. The molecule has 1 atom stereocenters. The number of sulfonamides is 1. The Bertz CT molecular complexity index is 1110. The zero-order valence-corrected chi connectivity index (χ0v) is 22.1. The first kappa shape index (κ1) is 27.4. The Hall–Kier alpha value is -2.87. The lowest BCUT2D eigenvalue weighted by atomic mass is 10.1. The van der Waals surface area contributed by atoms with Gasteiger partial charge in [0, 0.05) is 12.6 Å². The summed E-state index contributed by atoms with van der Waals surface area (Å²) in [6.07, 6.45) is 1.49. The van der Waals surface area contributed by atoms with Crippen molar-refractivity contribution in [2.24, 2.45) is 0 Å². The molecule has 7 nitrogen and oxygen atoms in total. The normalized spacial score (nSPS) is 12.4. The summed E-state index contributed by atoms with van der Waals surface area (Å²) < 4.78 is 26.6. The van der Waals surface area contributed by atoms with E-state index in [2.05, 4.69) is 5.32 Å². The Balaban J connectivity index is 2.48. The van der Waals surface area contributed by atoms with Crippen molar-refractivity contribution in [3.8, 4) is 0 Å². The van der Waals surface area contributed by atoms with E-state index in [0.717, 1.165) is 32.8 Å². The second-order valence-electron chi connectivity index (χ2n) is 9.15. The molecule has 0 aliphatic heterocycles. The Kier molecular flexibility index (Phi) is 9.27. The number of nitrogens with one attached hydrogen (secondary N) is 1. The maximum Gasteiger partial charge on any atom is 0.244 e. The molecule has 0 saturated heterocycles. The number of hydrogen-bond acceptors (Lipinski definition) is 4. The molecule has 186 valence electrons. The van der Waals surface area contributed by atoms with Crippen LogP contribution in [0.25, 0.3) is 0 Å². The predicted octanol–water partition coefficient (Wildman–Crippen LogP) is 3.71. The zero-order valence-electron chi connectivity index (χ0n) is 21.3. The van der Waals surface area contributed by atoms with Gasteiger partial charge in [0.25, 0.3) is 0 Å². The molecule has 0 unspecified atom stereocenters. The van der Waals surface area contributed by atoms with Gasteiger partial charge >= 0.3 is 0 Å². The highest BCUT2D eigenvalue weighted by atomic mass is 32.2. The smallest absolute Gasteiger partial charge is 0.244 e. The van der Waals surface area contributed by atoms with Crippen molar-refractivity contribution in [1.29, 1.82) is 0 Å². The van der Waals surface area contributed by atoms with Gasteiger partial charge in [-0.3, -0.25) is 13.9 Å². The summed E-state index contributed by atoms with van der Waals surface area (Å²) in [6, 6.07) is 12.4. The Morgan fingerprint density at radius 3 is 2.09 bits per heavy atom. The summed E-state index contributed by atoms with van der Waals surface area (Å²) in [5.74, 6) is -0.687. The van der Waals surface area contributed by atoms with Crippen molar-refractivity contribution < 1.29 is 18.0 Å². The van der Waals surface area contributed by atoms with Gasteiger partial charge in [-0.2, -0.15) is 0 Å². The lowest BCUT2D eigenvalue weighted by molar-refractivity contribution is -0.140. The number of rotatable bonds is 10. The van der Waals surface area contributed by atoms with Crippen LogP contribution in [0.2, 0.25) is 0 Å². The molecule has 2 amide bonds. The number of nitrogens with zero attached hydrogens (tertiary/aromatic N) is 2. The minimum Gasteiger partial charge on any atom is -0.352 e. The topological polar surface area (TPSA) is 86.8 Å². The van der Waals surface area contributed by atoms with Crippen molar-refractivity contribution >= 4 is 27.5 Å². The van der Waals surface area contributed by atoms with Gasteiger partial charge in [0.2, 0.25) is 21.8 Å². The van der Waals surface area contributed by atoms with Crippen molar-refractivity contribution in [3.05, 3.63) is 64.7 Å². The lowest BCUT2D eigenvalue weighted by Gasteiger charge is -2.33. The highest BCUT2D eigenvalue weighted by Gasteiger charge is 2.32. The van der Waals surface area contributed by atoms with E-state index in [1.807, 2.05) is 77.9 Å². The van der Waals surface area contributed by atoms with Crippen LogP contribution in [0.5, 0.6) is 0 Å². The molecule has 0 spiro atoms. The van der Waals surface area contributed by atoms with Gasteiger partial charge in [0.05, 0.1) is 11.9 Å². The lowest BCUT2D eigenvalue weighted by Crippen LogP contribution is -2.53. The van der Waals surface area contributed by atoms with Crippen LogP contribution in [-0.4, -0.2) is 50.0 Å². The van der Waals surface area contributed by atoms with E-state index in [0.29, 0.717) is 12.1 Å². The van der Waals surface area contributed by atoms with Gasteiger partial charge in [-0.05, 0) is 63.8 Å². The summed E-state index contributed by atoms with van der Waals surface area (Å²) in [4.78, 5) is 28.2. The van der Waals surface area contributed by atoms with Gasteiger partial charge in [-0.15, -0.1) is 0 Å². The first-order valence-electron chi connectivity index (χ1n) is 11.5. The number of benzene rings is 2. The average Bonchev–Trinajstić information content (AvgIpc) is 2.73. The van der Waals surface area contributed by atoms with E-state index in [1.165, 1.54) is 4.90 Å². The highest BCUT2D eigenvalue weighted by molar-refractivity contribution is 7.92. The molecule has 0 radical (unpaired) electrons. The van der Waals surface area contributed by atoms with Crippen molar-refractivity contribution in [3.63, 3.8) is 0 Å². The SMILES string of the molecule is CC[C@@H](C(=O)NC(C)C)N(Cc1ccc(C)cc1)C(=O)CN(c1cc(C)ccc1C)S(C)(=O)=O. The molecule has 0 aliphatic carbocycles. The van der Waals surface area contributed by atoms with Crippen LogP contribution in [0.4, 0.5) is 5.69 Å². The average molecular weight is 488 g/mol. The van der Waals surface area contributed by atoms with E-state index in [1.54, 1.807) is 6.07 Å². The van der Waals surface area contributed by atoms with Gasteiger partial charge in [-0.1, -0.05) is 48.9 Å². The number of aryl methyl sites for hydroxylation is 3.